The predicted octanol–water partition coefficient (Wildman–Crippen LogP) is 2.56. The van der Waals surface area contributed by atoms with E-state index in [1.54, 1.807) is 36.4 Å². The highest BCUT2D eigenvalue weighted by atomic mass is 16.5. The van der Waals surface area contributed by atoms with Crippen molar-refractivity contribution in [2.24, 2.45) is 0 Å². The van der Waals surface area contributed by atoms with Crippen molar-refractivity contribution in [3.05, 3.63) is 70.2 Å². The highest BCUT2D eigenvalue weighted by Gasteiger charge is 2.28. The van der Waals surface area contributed by atoms with E-state index in [9.17, 15) is 14.4 Å². The van der Waals surface area contributed by atoms with Crippen molar-refractivity contribution in [2.75, 3.05) is 7.11 Å². The molecule has 1 atom stereocenters. The van der Waals surface area contributed by atoms with Gasteiger partial charge < -0.3 is 9.15 Å². The number of hydrogen-bond acceptors (Lipinski definition) is 5. The molecule has 0 fully saturated rings. The molecule has 0 aliphatic rings. The van der Waals surface area contributed by atoms with E-state index in [2.05, 4.69) is 0 Å². The van der Waals surface area contributed by atoms with Gasteiger partial charge in [0, 0.05) is 5.56 Å². The lowest BCUT2D eigenvalue weighted by atomic mass is 10.1. The number of fused-ring (bicyclic) bond motifs is 1. The Balaban J connectivity index is 2.25. The number of nitrogens with zero attached hydrogens (tertiary/aromatic N) is 1. The second kappa shape index (κ2) is 6.16. The van der Waals surface area contributed by atoms with Gasteiger partial charge in [0.2, 0.25) is 0 Å². The molecule has 1 aromatic heterocycles. The standard InChI is InChI=1S/C18H15NO5/c1-11(20)13-8-9-14-15(10-13)24-18(22)19(14)16(17(21)23-2)12-6-4-3-5-7-12/h3-10,16H,1-2H3. The number of esters is 1. The minimum atomic E-state index is -0.965. The molecule has 1 heterocycles. The first-order valence-corrected chi connectivity index (χ1v) is 7.31. The number of hydrogen-bond donors (Lipinski definition) is 0. The Morgan fingerprint density at radius 2 is 1.83 bits per heavy atom. The molecule has 0 bridgehead atoms. The molecule has 0 radical (unpaired) electrons. The number of carbonyl (C=O) groups excluding carboxylic acids is 2. The average molecular weight is 325 g/mol. The zero-order valence-corrected chi connectivity index (χ0v) is 13.2. The first-order valence-electron chi connectivity index (χ1n) is 7.31. The van der Waals surface area contributed by atoms with Gasteiger partial charge in [-0.05, 0) is 30.7 Å². The number of ether oxygens (including phenoxy) is 1. The summed E-state index contributed by atoms with van der Waals surface area (Å²) in [5, 5.41) is 0. The van der Waals surface area contributed by atoms with Gasteiger partial charge in [-0.25, -0.2) is 9.59 Å². The van der Waals surface area contributed by atoms with Crippen molar-refractivity contribution < 1.29 is 18.7 Å². The van der Waals surface area contributed by atoms with Crippen molar-refractivity contribution in [1.29, 1.82) is 0 Å². The Morgan fingerprint density at radius 1 is 1.12 bits per heavy atom. The molecule has 6 heteroatoms. The molecule has 0 N–H and O–H groups in total. The van der Waals surface area contributed by atoms with E-state index in [1.165, 1.54) is 24.7 Å². The van der Waals surface area contributed by atoms with E-state index in [-0.39, 0.29) is 11.4 Å². The number of methoxy groups -OCH3 is 1. The van der Waals surface area contributed by atoms with E-state index < -0.39 is 17.8 Å². The largest absolute Gasteiger partial charge is 0.467 e. The van der Waals surface area contributed by atoms with Crippen LogP contribution < -0.4 is 5.76 Å². The quantitative estimate of drug-likeness (QED) is 0.544. The number of oxazole rings is 1. The first-order chi connectivity index (χ1) is 11.5. The number of rotatable bonds is 4. The maximum absolute atomic E-state index is 12.4. The summed E-state index contributed by atoms with van der Waals surface area (Å²) >= 11 is 0. The van der Waals surface area contributed by atoms with Crippen LogP contribution in [-0.4, -0.2) is 23.4 Å². The Bertz CT molecular complexity index is 968. The van der Waals surface area contributed by atoms with Crippen LogP contribution >= 0.6 is 0 Å². The summed E-state index contributed by atoms with van der Waals surface area (Å²) in [6.45, 7) is 1.43. The Hall–Kier alpha value is -3.15. The van der Waals surface area contributed by atoms with Gasteiger partial charge in [-0.2, -0.15) is 0 Å². The van der Waals surface area contributed by atoms with Crippen LogP contribution in [0.25, 0.3) is 11.1 Å². The van der Waals surface area contributed by atoms with E-state index in [4.69, 9.17) is 9.15 Å². The van der Waals surface area contributed by atoms with Gasteiger partial charge in [0.05, 0.1) is 12.6 Å². The van der Waals surface area contributed by atoms with E-state index in [0.717, 1.165) is 0 Å². The van der Waals surface area contributed by atoms with Crippen molar-refractivity contribution in [3.8, 4) is 0 Å². The molecule has 0 aliphatic carbocycles. The molecule has 3 rings (SSSR count). The molecule has 24 heavy (non-hydrogen) atoms. The third-order valence-corrected chi connectivity index (χ3v) is 3.82. The van der Waals surface area contributed by atoms with Crippen LogP contribution in [0.1, 0.15) is 28.9 Å². The average Bonchev–Trinajstić information content (AvgIpc) is 2.91. The molecule has 0 aliphatic heterocycles. The Labute approximate surface area is 137 Å². The molecule has 0 saturated carbocycles. The van der Waals surface area contributed by atoms with Crippen LogP contribution in [0.15, 0.2) is 57.7 Å². The summed E-state index contributed by atoms with van der Waals surface area (Å²) in [5.41, 5.74) is 1.70. The highest BCUT2D eigenvalue weighted by molar-refractivity contribution is 5.97. The second-order valence-electron chi connectivity index (χ2n) is 5.31. The molecule has 3 aromatic rings. The Kier molecular flexibility index (Phi) is 4.04. The lowest BCUT2D eigenvalue weighted by molar-refractivity contribution is -0.143. The van der Waals surface area contributed by atoms with E-state index in [1.807, 2.05) is 6.07 Å². The predicted molar refractivity (Wildman–Crippen MR) is 87.1 cm³/mol. The summed E-state index contributed by atoms with van der Waals surface area (Å²) in [6, 6.07) is 12.5. The third-order valence-electron chi connectivity index (χ3n) is 3.82. The van der Waals surface area contributed by atoms with Crippen molar-refractivity contribution >= 4 is 22.9 Å². The van der Waals surface area contributed by atoms with Gasteiger partial charge in [-0.3, -0.25) is 9.36 Å². The summed E-state index contributed by atoms with van der Waals surface area (Å²) in [7, 11) is 1.26. The van der Waals surface area contributed by atoms with E-state index >= 15 is 0 Å². The molecular weight excluding hydrogens is 310 g/mol. The zero-order chi connectivity index (χ0) is 17.3. The number of ketones is 1. The van der Waals surface area contributed by atoms with Gasteiger partial charge in [0.25, 0.3) is 0 Å². The lowest BCUT2D eigenvalue weighted by Gasteiger charge is -2.16. The number of benzene rings is 2. The van der Waals surface area contributed by atoms with Gasteiger partial charge in [-0.15, -0.1) is 0 Å². The smallest absolute Gasteiger partial charge is 0.421 e. The SMILES string of the molecule is COC(=O)C(c1ccccc1)n1c(=O)oc2cc(C(C)=O)ccc21. The third kappa shape index (κ3) is 2.62. The summed E-state index contributed by atoms with van der Waals surface area (Å²) in [6.07, 6.45) is 0. The summed E-state index contributed by atoms with van der Waals surface area (Å²) < 4.78 is 11.3. The van der Waals surface area contributed by atoms with Crippen LogP contribution in [0.5, 0.6) is 0 Å². The fourth-order valence-corrected chi connectivity index (χ4v) is 2.64. The van der Waals surface area contributed by atoms with Crippen LogP contribution in [0.3, 0.4) is 0 Å². The van der Waals surface area contributed by atoms with Crippen LogP contribution in [0, 0.1) is 0 Å². The fraction of sp³-hybridized carbons (Fsp3) is 0.167. The number of carbonyl (C=O) groups is 2. The molecular formula is C18H15NO5. The minimum Gasteiger partial charge on any atom is -0.467 e. The number of Topliss-reactive ketones (excluding diaryl/α,β-unsaturated/α-hetero) is 1. The lowest BCUT2D eigenvalue weighted by Crippen LogP contribution is -2.28. The summed E-state index contributed by atoms with van der Waals surface area (Å²) in [4.78, 5) is 36.2. The fourth-order valence-electron chi connectivity index (χ4n) is 2.64. The van der Waals surface area contributed by atoms with E-state index in [0.29, 0.717) is 16.6 Å². The Morgan fingerprint density at radius 3 is 2.46 bits per heavy atom. The molecule has 2 aromatic carbocycles. The molecule has 122 valence electrons. The topological polar surface area (TPSA) is 78.5 Å². The minimum absolute atomic E-state index is 0.139. The molecule has 1 unspecified atom stereocenters. The van der Waals surface area contributed by atoms with Gasteiger partial charge in [-0.1, -0.05) is 30.3 Å². The molecule has 0 spiro atoms. The van der Waals surface area contributed by atoms with Gasteiger partial charge >= 0.3 is 11.7 Å². The van der Waals surface area contributed by atoms with Crippen molar-refractivity contribution in [2.45, 2.75) is 13.0 Å². The van der Waals surface area contributed by atoms with Crippen molar-refractivity contribution in [1.82, 2.24) is 4.57 Å². The molecule has 0 amide bonds. The van der Waals surface area contributed by atoms with Crippen LogP contribution in [-0.2, 0) is 9.53 Å². The van der Waals surface area contributed by atoms with Crippen LogP contribution in [0.4, 0.5) is 0 Å². The van der Waals surface area contributed by atoms with Gasteiger partial charge in [0.1, 0.15) is 0 Å². The van der Waals surface area contributed by atoms with Gasteiger partial charge in [0.15, 0.2) is 17.4 Å². The maximum Gasteiger partial charge on any atom is 0.421 e. The maximum atomic E-state index is 12.4. The normalized spacial score (nSPS) is 12.1. The highest BCUT2D eigenvalue weighted by Crippen LogP contribution is 2.24. The van der Waals surface area contributed by atoms with Crippen LogP contribution in [0.2, 0.25) is 0 Å². The monoisotopic (exact) mass is 325 g/mol. The zero-order valence-electron chi connectivity index (χ0n) is 13.2. The second-order valence-corrected chi connectivity index (χ2v) is 5.31. The molecule has 0 saturated heterocycles. The molecule has 6 nitrogen and oxygen atoms in total. The first kappa shape index (κ1) is 15.7. The number of aromatic nitrogens is 1. The van der Waals surface area contributed by atoms with Crippen molar-refractivity contribution in [3.63, 3.8) is 0 Å². The summed E-state index contributed by atoms with van der Waals surface area (Å²) in [5.74, 6) is -1.41.